The smallest absolute Gasteiger partial charge is 0.0157 e. The maximum Gasteiger partial charge on any atom is 0.0157 e. The van der Waals surface area contributed by atoms with Crippen molar-refractivity contribution >= 4 is 21.6 Å². The first-order chi connectivity index (χ1) is 5.54. The molecule has 2 heteroatoms. The largest absolute Gasteiger partial charge is 0.309 e. The van der Waals surface area contributed by atoms with Crippen LogP contribution in [0.2, 0.25) is 0 Å². The summed E-state index contributed by atoms with van der Waals surface area (Å²) in [6.45, 7) is 4.63. The van der Waals surface area contributed by atoms with Gasteiger partial charge in [-0.2, -0.15) is 0 Å². The maximum absolute atomic E-state index is 7.97. The van der Waals surface area contributed by atoms with E-state index >= 15 is 0 Å². The molecule has 0 spiro atoms. The van der Waals surface area contributed by atoms with Gasteiger partial charge in [0.05, 0.1) is 0 Å². The molecule has 0 aromatic rings. The van der Waals surface area contributed by atoms with Gasteiger partial charge in [0.25, 0.3) is 0 Å². The average molecular weight is 230 g/mol. The van der Waals surface area contributed by atoms with Gasteiger partial charge in [-0.15, -0.1) is 0 Å². The second-order valence-electron chi connectivity index (χ2n) is 4.80. The van der Waals surface area contributed by atoms with Crippen LogP contribution in [0.1, 0.15) is 33.1 Å². The van der Waals surface area contributed by atoms with Crippen molar-refractivity contribution in [1.29, 1.82) is 5.41 Å². The summed E-state index contributed by atoms with van der Waals surface area (Å²) in [5.74, 6) is 0.773. The summed E-state index contributed by atoms with van der Waals surface area (Å²) in [6.07, 6.45) is 3.62. The molecule has 0 aromatic carbocycles. The molecular formula is C10H16BrN. The fraction of sp³-hybridized carbons (Fsp3) is 0.900. The lowest BCUT2D eigenvalue weighted by Crippen LogP contribution is -2.35. The normalized spacial score (nSPS) is 51.9. The molecule has 2 saturated carbocycles. The Kier molecular flexibility index (Phi) is 1.70. The minimum atomic E-state index is 0.209. The summed E-state index contributed by atoms with van der Waals surface area (Å²) in [5, 5.41) is 9.03. The van der Waals surface area contributed by atoms with Crippen molar-refractivity contribution in [2.24, 2.45) is 16.7 Å². The predicted octanol–water partition coefficient (Wildman–Crippen LogP) is 3.23. The highest BCUT2D eigenvalue weighted by Gasteiger charge is 2.61. The molecule has 2 aliphatic carbocycles. The third kappa shape index (κ3) is 0.729. The zero-order chi connectivity index (χ0) is 8.98. The van der Waals surface area contributed by atoms with Gasteiger partial charge in [0.15, 0.2) is 0 Å². The fourth-order valence-electron chi connectivity index (χ4n) is 3.07. The Morgan fingerprint density at radius 1 is 1.58 bits per heavy atom. The molecule has 0 heterocycles. The van der Waals surface area contributed by atoms with E-state index in [-0.39, 0.29) is 5.41 Å². The lowest BCUT2D eigenvalue weighted by Gasteiger charge is -2.36. The summed E-state index contributed by atoms with van der Waals surface area (Å²) in [7, 11) is 0. The summed E-state index contributed by atoms with van der Waals surface area (Å²) >= 11 is 3.62. The van der Waals surface area contributed by atoms with E-state index in [1.54, 1.807) is 0 Å². The van der Waals surface area contributed by atoms with Gasteiger partial charge in [-0.25, -0.2) is 0 Å². The van der Waals surface area contributed by atoms with Gasteiger partial charge in [0, 0.05) is 16.5 Å². The zero-order valence-corrected chi connectivity index (χ0v) is 9.37. The minimum Gasteiger partial charge on any atom is -0.309 e. The average Bonchev–Trinajstić information content (AvgIpc) is 2.39. The monoisotopic (exact) mass is 229 g/mol. The second kappa shape index (κ2) is 2.34. The lowest BCUT2D eigenvalue weighted by molar-refractivity contribution is 0.203. The highest BCUT2D eigenvalue weighted by Crippen LogP contribution is 2.64. The Bertz CT molecular complexity index is 238. The third-order valence-corrected chi connectivity index (χ3v) is 5.71. The van der Waals surface area contributed by atoms with E-state index in [2.05, 4.69) is 29.8 Å². The first kappa shape index (κ1) is 8.74. The molecule has 2 fully saturated rings. The van der Waals surface area contributed by atoms with Gasteiger partial charge in [-0.05, 0) is 30.6 Å². The number of hydrogen-bond acceptors (Lipinski definition) is 1. The number of rotatable bonds is 1. The molecule has 0 aliphatic heterocycles. The summed E-state index contributed by atoms with van der Waals surface area (Å²) < 4.78 is 0. The van der Waals surface area contributed by atoms with E-state index < -0.39 is 0 Å². The van der Waals surface area contributed by atoms with E-state index in [1.807, 2.05) is 0 Å². The van der Waals surface area contributed by atoms with Gasteiger partial charge in [-0.3, -0.25) is 0 Å². The topological polar surface area (TPSA) is 23.9 Å². The Balaban J connectivity index is 2.44. The number of alkyl halides is 1. The Hall–Kier alpha value is 0.150. The first-order valence-electron chi connectivity index (χ1n) is 4.68. The van der Waals surface area contributed by atoms with Crippen molar-refractivity contribution in [1.82, 2.24) is 0 Å². The van der Waals surface area contributed by atoms with Crippen LogP contribution in [0, 0.1) is 22.2 Å². The van der Waals surface area contributed by atoms with Crippen molar-refractivity contribution in [3.05, 3.63) is 0 Å². The molecule has 0 aromatic heterocycles. The van der Waals surface area contributed by atoms with E-state index in [0.29, 0.717) is 5.41 Å². The minimum absolute atomic E-state index is 0.209. The Labute approximate surface area is 82.6 Å². The lowest BCUT2D eigenvalue weighted by atomic mass is 9.70. The van der Waals surface area contributed by atoms with Gasteiger partial charge in [-0.1, -0.05) is 29.8 Å². The van der Waals surface area contributed by atoms with Crippen LogP contribution in [-0.4, -0.2) is 11.0 Å². The van der Waals surface area contributed by atoms with Crippen LogP contribution in [0.4, 0.5) is 0 Å². The Morgan fingerprint density at radius 3 is 2.50 bits per heavy atom. The molecule has 2 bridgehead atoms. The molecule has 12 heavy (non-hydrogen) atoms. The Morgan fingerprint density at radius 2 is 2.25 bits per heavy atom. The van der Waals surface area contributed by atoms with Gasteiger partial charge in [0.1, 0.15) is 0 Å². The summed E-state index contributed by atoms with van der Waals surface area (Å²) in [6, 6.07) is 0. The van der Waals surface area contributed by atoms with Crippen molar-refractivity contribution < 1.29 is 0 Å². The summed E-state index contributed by atoms with van der Waals surface area (Å²) in [4.78, 5) is 0. The molecule has 3 atom stereocenters. The van der Waals surface area contributed by atoms with Crippen LogP contribution < -0.4 is 0 Å². The standard InChI is InChI=1S/C10H16BrN/c1-9-4-3-7(5-8(9)12)10(9,2)6-11/h7,12H,3-6H2,1-2H3/t7-,9+,10-/m0/s1. The molecule has 0 radical (unpaired) electrons. The molecule has 1 nitrogen and oxygen atoms in total. The zero-order valence-electron chi connectivity index (χ0n) is 7.78. The molecule has 2 aliphatic rings. The van der Waals surface area contributed by atoms with Crippen LogP contribution in [0.3, 0.4) is 0 Å². The van der Waals surface area contributed by atoms with E-state index in [1.165, 1.54) is 12.8 Å². The number of halogens is 1. The quantitative estimate of drug-likeness (QED) is 0.669. The molecule has 68 valence electrons. The number of fused-ring (bicyclic) bond motifs is 2. The highest BCUT2D eigenvalue weighted by molar-refractivity contribution is 9.09. The fourth-order valence-corrected chi connectivity index (χ4v) is 4.15. The molecule has 2 rings (SSSR count). The van der Waals surface area contributed by atoms with Crippen LogP contribution in [0.15, 0.2) is 0 Å². The SMILES string of the molecule is C[C@]1(CBr)[C@H]2CC[C@]1(C)C(=N)C2. The molecular weight excluding hydrogens is 214 g/mol. The van der Waals surface area contributed by atoms with Gasteiger partial charge < -0.3 is 5.41 Å². The van der Waals surface area contributed by atoms with Crippen LogP contribution >= 0.6 is 15.9 Å². The van der Waals surface area contributed by atoms with Crippen LogP contribution in [0.5, 0.6) is 0 Å². The molecule has 0 amide bonds. The van der Waals surface area contributed by atoms with Crippen molar-refractivity contribution in [2.75, 3.05) is 5.33 Å². The molecule has 1 N–H and O–H groups in total. The number of nitrogens with one attached hydrogen (secondary N) is 1. The van der Waals surface area contributed by atoms with Crippen molar-refractivity contribution in [2.45, 2.75) is 33.1 Å². The number of hydrogen-bond donors (Lipinski definition) is 1. The van der Waals surface area contributed by atoms with Crippen molar-refractivity contribution in [3.8, 4) is 0 Å². The van der Waals surface area contributed by atoms with Gasteiger partial charge in [0.2, 0.25) is 0 Å². The van der Waals surface area contributed by atoms with Gasteiger partial charge >= 0.3 is 0 Å². The van der Waals surface area contributed by atoms with E-state index in [0.717, 1.165) is 23.4 Å². The van der Waals surface area contributed by atoms with Crippen LogP contribution in [0.25, 0.3) is 0 Å². The first-order valence-corrected chi connectivity index (χ1v) is 5.80. The summed E-state index contributed by atoms with van der Waals surface area (Å²) in [5.41, 5.74) is 1.58. The second-order valence-corrected chi connectivity index (χ2v) is 5.36. The highest BCUT2D eigenvalue weighted by atomic mass is 79.9. The van der Waals surface area contributed by atoms with E-state index in [4.69, 9.17) is 5.41 Å². The van der Waals surface area contributed by atoms with Crippen LogP contribution in [-0.2, 0) is 0 Å². The predicted molar refractivity (Wildman–Crippen MR) is 55.1 cm³/mol. The third-order valence-electron chi connectivity index (χ3n) is 4.55. The molecule has 0 unspecified atom stereocenters. The maximum atomic E-state index is 7.97. The van der Waals surface area contributed by atoms with E-state index in [9.17, 15) is 0 Å². The van der Waals surface area contributed by atoms with Crippen molar-refractivity contribution in [3.63, 3.8) is 0 Å². The molecule has 0 saturated heterocycles.